The zero-order chi connectivity index (χ0) is 24.0. The highest BCUT2D eigenvalue weighted by molar-refractivity contribution is 6.30. The molecule has 2 aromatic heterocycles. The molecule has 170 valence electrons. The summed E-state index contributed by atoms with van der Waals surface area (Å²) in [5, 5.41) is 13.7. The van der Waals surface area contributed by atoms with Gasteiger partial charge in [-0.05, 0) is 71.5 Å². The number of benzene rings is 3. The van der Waals surface area contributed by atoms with Gasteiger partial charge in [-0.15, -0.1) is 0 Å². The number of rotatable bonds is 4. The zero-order valence-corrected chi connectivity index (χ0v) is 19.9. The van der Waals surface area contributed by atoms with Crippen LogP contribution in [0.15, 0.2) is 84.0 Å². The van der Waals surface area contributed by atoms with Gasteiger partial charge in [0.25, 0.3) is 0 Å². The minimum Gasteiger partial charge on any atom is -0.374 e. The Hall–Kier alpha value is -3.67. The van der Waals surface area contributed by atoms with Gasteiger partial charge in [-0.25, -0.2) is 4.98 Å². The molecule has 6 heteroatoms. The molecule has 0 amide bonds. The summed E-state index contributed by atoms with van der Waals surface area (Å²) in [5.74, 6) is 0. The number of hydrogen-bond acceptors (Lipinski definition) is 3. The highest BCUT2D eigenvalue weighted by Gasteiger charge is 2.37. The summed E-state index contributed by atoms with van der Waals surface area (Å²) in [6.07, 6.45) is 3.33. The van der Waals surface area contributed by atoms with E-state index in [-0.39, 0.29) is 5.56 Å². The van der Waals surface area contributed by atoms with Crippen LogP contribution in [0, 0.1) is 13.8 Å². The lowest BCUT2D eigenvalue weighted by Crippen LogP contribution is -2.31. The average molecular weight is 470 g/mol. The van der Waals surface area contributed by atoms with Crippen LogP contribution in [-0.4, -0.2) is 19.6 Å². The molecule has 0 aliphatic rings. The summed E-state index contributed by atoms with van der Waals surface area (Å²) in [6, 6.07) is 20.5. The molecule has 3 aromatic carbocycles. The highest BCUT2D eigenvalue weighted by atomic mass is 35.5. The molecule has 0 saturated carbocycles. The van der Waals surface area contributed by atoms with Crippen LogP contribution >= 0.6 is 11.6 Å². The van der Waals surface area contributed by atoms with Crippen molar-refractivity contribution in [1.29, 1.82) is 0 Å². The molecule has 1 atom stereocenters. The number of nitrogens with zero attached hydrogens (tertiary/aromatic N) is 2. The van der Waals surface area contributed by atoms with Gasteiger partial charge in [0.2, 0.25) is 5.56 Å². The Kier molecular flexibility index (Phi) is 5.39. The lowest BCUT2D eigenvalue weighted by molar-refractivity contribution is 0.117. The number of halogens is 1. The predicted octanol–water partition coefficient (Wildman–Crippen LogP) is 5.48. The molecule has 2 N–H and O–H groups in total. The van der Waals surface area contributed by atoms with Crippen LogP contribution in [0.1, 0.15) is 27.9 Å². The van der Waals surface area contributed by atoms with E-state index in [4.69, 9.17) is 11.6 Å². The summed E-state index contributed by atoms with van der Waals surface area (Å²) in [5.41, 5.74) is 5.00. The lowest BCUT2D eigenvalue weighted by atomic mass is 9.82. The van der Waals surface area contributed by atoms with Gasteiger partial charge in [-0.2, -0.15) is 0 Å². The molecule has 5 nitrogen and oxygen atoms in total. The fraction of sp³-hybridized carbons (Fsp3) is 0.143. The maximum Gasteiger partial charge on any atom is 0.249 e. The Morgan fingerprint density at radius 2 is 1.65 bits per heavy atom. The predicted molar refractivity (Wildman–Crippen MR) is 136 cm³/mol. The van der Waals surface area contributed by atoms with Crippen LogP contribution in [0.25, 0.3) is 22.0 Å². The number of pyridine rings is 1. The number of H-pyrrole nitrogens is 1. The van der Waals surface area contributed by atoms with E-state index in [1.807, 2.05) is 69.4 Å². The minimum atomic E-state index is -1.49. The summed E-state index contributed by atoms with van der Waals surface area (Å²) in [4.78, 5) is 19.7. The third-order valence-electron chi connectivity index (χ3n) is 6.46. The van der Waals surface area contributed by atoms with Crippen molar-refractivity contribution in [2.24, 2.45) is 7.05 Å². The van der Waals surface area contributed by atoms with E-state index in [1.54, 1.807) is 35.3 Å². The van der Waals surface area contributed by atoms with Crippen molar-refractivity contribution in [1.82, 2.24) is 14.5 Å². The second-order valence-electron chi connectivity index (χ2n) is 8.68. The van der Waals surface area contributed by atoms with Crippen molar-refractivity contribution in [3.05, 3.63) is 123 Å². The second-order valence-corrected chi connectivity index (χ2v) is 9.12. The molecule has 0 bridgehead atoms. The molecule has 1 unspecified atom stereocenters. The SMILES string of the molecule is Cc1cccc(C)c1-c1cc(=O)[nH]c2ccc(C(O)(c3ccc(Cl)cc3)c3cncn3C)cc12. The van der Waals surface area contributed by atoms with Crippen molar-refractivity contribution in [3.63, 3.8) is 0 Å². The number of imidazole rings is 1. The normalized spacial score (nSPS) is 13.2. The summed E-state index contributed by atoms with van der Waals surface area (Å²) >= 11 is 6.14. The van der Waals surface area contributed by atoms with E-state index in [9.17, 15) is 9.90 Å². The number of hydrogen-bond donors (Lipinski definition) is 2. The maximum absolute atomic E-state index is 12.5. The largest absolute Gasteiger partial charge is 0.374 e. The van der Waals surface area contributed by atoms with Gasteiger partial charge in [0.1, 0.15) is 0 Å². The Balaban J connectivity index is 1.84. The number of aromatic nitrogens is 3. The quantitative estimate of drug-likeness (QED) is 0.366. The maximum atomic E-state index is 12.5. The van der Waals surface area contributed by atoms with E-state index in [0.717, 1.165) is 27.6 Å². The molecule has 0 fully saturated rings. The van der Waals surface area contributed by atoms with Crippen LogP contribution < -0.4 is 5.56 Å². The van der Waals surface area contributed by atoms with E-state index in [1.165, 1.54) is 0 Å². The van der Waals surface area contributed by atoms with Crippen LogP contribution in [0.4, 0.5) is 0 Å². The van der Waals surface area contributed by atoms with E-state index >= 15 is 0 Å². The lowest BCUT2D eigenvalue weighted by Gasteiger charge is -2.30. The fourth-order valence-electron chi connectivity index (χ4n) is 4.78. The van der Waals surface area contributed by atoms with E-state index in [0.29, 0.717) is 27.4 Å². The first-order valence-electron chi connectivity index (χ1n) is 11.0. The summed E-state index contributed by atoms with van der Waals surface area (Å²) in [7, 11) is 1.85. The second kappa shape index (κ2) is 8.28. The third kappa shape index (κ3) is 3.54. The number of nitrogens with one attached hydrogen (secondary N) is 1. The zero-order valence-electron chi connectivity index (χ0n) is 19.1. The van der Waals surface area contributed by atoms with Crippen molar-refractivity contribution in [3.8, 4) is 11.1 Å². The van der Waals surface area contributed by atoms with Gasteiger partial charge < -0.3 is 14.7 Å². The number of fused-ring (bicyclic) bond motifs is 1. The van der Waals surface area contributed by atoms with Crippen molar-refractivity contribution in [2.45, 2.75) is 19.4 Å². The van der Waals surface area contributed by atoms with E-state index < -0.39 is 5.60 Å². The molecule has 0 radical (unpaired) electrons. The monoisotopic (exact) mass is 469 g/mol. The van der Waals surface area contributed by atoms with Gasteiger partial charge in [0, 0.05) is 29.0 Å². The Morgan fingerprint density at radius 1 is 0.971 bits per heavy atom. The van der Waals surface area contributed by atoms with Crippen molar-refractivity contribution >= 4 is 22.5 Å². The molecule has 34 heavy (non-hydrogen) atoms. The Labute approximate surface area is 202 Å². The Bertz CT molecular complexity index is 1560. The first-order chi connectivity index (χ1) is 16.3. The first kappa shape index (κ1) is 22.1. The van der Waals surface area contributed by atoms with Gasteiger partial charge in [-0.3, -0.25) is 4.79 Å². The molecular formula is C28H24ClN3O2. The van der Waals surface area contributed by atoms with Crippen molar-refractivity contribution < 1.29 is 5.11 Å². The molecule has 5 aromatic rings. The highest BCUT2D eigenvalue weighted by Crippen LogP contribution is 2.40. The van der Waals surface area contributed by atoms with Gasteiger partial charge in [0.05, 0.1) is 18.2 Å². The number of aliphatic hydroxyl groups is 1. The van der Waals surface area contributed by atoms with Crippen molar-refractivity contribution in [2.75, 3.05) is 0 Å². The minimum absolute atomic E-state index is 0.169. The average Bonchev–Trinajstić information content (AvgIpc) is 3.25. The third-order valence-corrected chi connectivity index (χ3v) is 6.71. The smallest absolute Gasteiger partial charge is 0.249 e. The molecule has 5 rings (SSSR count). The molecule has 0 aliphatic carbocycles. The molecule has 0 saturated heterocycles. The molecule has 0 aliphatic heterocycles. The summed E-state index contributed by atoms with van der Waals surface area (Å²) < 4.78 is 1.80. The van der Waals surface area contributed by atoms with Crippen LogP contribution in [-0.2, 0) is 12.6 Å². The van der Waals surface area contributed by atoms with Crippen LogP contribution in [0.2, 0.25) is 5.02 Å². The number of aromatic amines is 1. The van der Waals surface area contributed by atoms with Crippen LogP contribution in [0.5, 0.6) is 0 Å². The Morgan fingerprint density at radius 3 is 2.29 bits per heavy atom. The number of aryl methyl sites for hydroxylation is 3. The van der Waals surface area contributed by atoms with Crippen LogP contribution in [0.3, 0.4) is 0 Å². The molecule has 0 spiro atoms. The van der Waals surface area contributed by atoms with Gasteiger partial charge in [0.15, 0.2) is 5.60 Å². The standard InChI is InChI=1S/C28H24ClN3O2/c1-17-5-4-6-18(2)27(17)23-14-26(33)31-24-12-9-20(13-22(23)24)28(34,25-15-30-16-32(25)3)19-7-10-21(29)11-8-19/h4-16,34H,1-3H3,(H,31,33). The fourth-order valence-corrected chi connectivity index (χ4v) is 4.91. The van der Waals surface area contributed by atoms with Gasteiger partial charge >= 0.3 is 0 Å². The molecular weight excluding hydrogens is 446 g/mol. The topological polar surface area (TPSA) is 70.9 Å². The molecule has 2 heterocycles. The van der Waals surface area contributed by atoms with Gasteiger partial charge in [-0.1, -0.05) is 48.0 Å². The van der Waals surface area contributed by atoms with E-state index in [2.05, 4.69) is 9.97 Å². The summed E-state index contributed by atoms with van der Waals surface area (Å²) in [6.45, 7) is 4.08. The first-order valence-corrected chi connectivity index (χ1v) is 11.4.